The van der Waals surface area contributed by atoms with E-state index in [1.165, 1.54) is 110 Å². The van der Waals surface area contributed by atoms with Crippen LogP contribution in [0.5, 0.6) is 0 Å². The summed E-state index contributed by atoms with van der Waals surface area (Å²) in [6.45, 7) is 27.2. The Kier molecular flexibility index (Phi) is 60.6. The highest BCUT2D eigenvalue weighted by Crippen LogP contribution is 2.09. The lowest BCUT2D eigenvalue weighted by atomic mass is 10.1. The molecule has 0 heterocycles. The Hall–Kier alpha value is -0.900. The molecule has 0 aliphatic rings. The molecule has 1 unspecified atom stereocenters. The van der Waals surface area contributed by atoms with Crippen molar-refractivity contribution in [1.82, 2.24) is 4.90 Å². The zero-order valence-corrected chi connectivity index (χ0v) is 28.3. The van der Waals surface area contributed by atoms with Gasteiger partial charge in [-0.25, -0.2) is 0 Å². The van der Waals surface area contributed by atoms with Crippen LogP contribution in [0.25, 0.3) is 0 Å². The SMILES string of the molecule is C=O.CC.CCCCC(CC)OC(=O)CC.CCCCCCCCC.CCCCCCCN(CC)CCC. The molecule has 0 radical (unpaired) electrons. The van der Waals surface area contributed by atoms with E-state index in [-0.39, 0.29) is 12.1 Å². The highest BCUT2D eigenvalue weighted by atomic mass is 16.5. The number of hydrogen-bond acceptors (Lipinski definition) is 4. The van der Waals surface area contributed by atoms with Gasteiger partial charge in [0.25, 0.3) is 0 Å². The molecule has 38 heavy (non-hydrogen) atoms. The summed E-state index contributed by atoms with van der Waals surface area (Å²) in [6.07, 6.45) is 23.2. The topological polar surface area (TPSA) is 46.6 Å². The Morgan fingerprint density at radius 1 is 0.605 bits per heavy atom. The van der Waals surface area contributed by atoms with Crippen molar-refractivity contribution in [2.45, 2.75) is 191 Å². The fourth-order valence-corrected chi connectivity index (χ4v) is 3.76. The third-order valence-corrected chi connectivity index (χ3v) is 6.19. The van der Waals surface area contributed by atoms with Gasteiger partial charge in [-0.3, -0.25) is 4.79 Å². The molecule has 1 atom stereocenters. The van der Waals surface area contributed by atoms with Crippen molar-refractivity contribution in [3.63, 3.8) is 0 Å². The highest BCUT2D eigenvalue weighted by Gasteiger charge is 2.09. The Balaban J connectivity index is -0.000000136. The first-order valence-corrected chi connectivity index (χ1v) is 16.7. The fourth-order valence-electron chi connectivity index (χ4n) is 3.76. The minimum Gasteiger partial charge on any atom is -0.462 e. The molecular formula is C34H75NO3. The van der Waals surface area contributed by atoms with Crippen molar-refractivity contribution < 1.29 is 14.3 Å². The molecule has 234 valence electrons. The summed E-state index contributed by atoms with van der Waals surface area (Å²) in [7, 11) is 0. The zero-order chi connectivity index (χ0) is 30.3. The second kappa shape index (κ2) is 49.1. The van der Waals surface area contributed by atoms with E-state index in [1.54, 1.807) is 0 Å². The van der Waals surface area contributed by atoms with Crippen LogP contribution in [0.4, 0.5) is 0 Å². The Bertz CT molecular complexity index is 371. The third kappa shape index (κ3) is 48.2. The number of carbonyl (C=O) groups is 2. The second-order valence-electron chi connectivity index (χ2n) is 9.63. The van der Waals surface area contributed by atoms with E-state index < -0.39 is 0 Å². The molecule has 0 saturated heterocycles. The average Bonchev–Trinajstić information content (AvgIpc) is 2.97. The molecule has 0 aliphatic carbocycles. The largest absolute Gasteiger partial charge is 0.462 e. The molecule has 0 bridgehead atoms. The van der Waals surface area contributed by atoms with Crippen LogP contribution >= 0.6 is 0 Å². The maximum Gasteiger partial charge on any atom is 0.305 e. The van der Waals surface area contributed by atoms with E-state index >= 15 is 0 Å². The molecule has 4 heteroatoms. The number of nitrogens with zero attached hydrogens (tertiary/aromatic N) is 1. The quantitative estimate of drug-likeness (QED) is 0.106. The molecule has 0 amide bonds. The predicted molar refractivity (Wildman–Crippen MR) is 173 cm³/mol. The van der Waals surface area contributed by atoms with Crippen molar-refractivity contribution >= 4 is 12.8 Å². The summed E-state index contributed by atoms with van der Waals surface area (Å²) in [5.74, 6) is -0.0713. The lowest BCUT2D eigenvalue weighted by Gasteiger charge is -2.18. The summed E-state index contributed by atoms with van der Waals surface area (Å²) >= 11 is 0. The zero-order valence-electron chi connectivity index (χ0n) is 28.3. The van der Waals surface area contributed by atoms with Gasteiger partial charge in [0.1, 0.15) is 12.9 Å². The predicted octanol–water partition coefficient (Wildman–Crippen LogP) is 11.2. The molecular weight excluding hydrogens is 470 g/mol. The van der Waals surface area contributed by atoms with Crippen molar-refractivity contribution in [2.75, 3.05) is 19.6 Å². The number of esters is 1. The molecule has 0 aromatic heterocycles. The van der Waals surface area contributed by atoms with E-state index in [0.717, 1.165) is 19.3 Å². The lowest BCUT2D eigenvalue weighted by molar-refractivity contribution is -0.149. The number of ether oxygens (including phenoxy) is 1. The van der Waals surface area contributed by atoms with Gasteiger partial charge in [-0.15, -0.1) is 0 Å². The molecule has 4 nitrogen and oxygen atoms in total. The molecule has 0 aliphatic heterocycles. The minimum atomic E-state index is -0.0713. The van der Waals surface area contributed by atoms with Crippen molar-refractivity contribution in [2.24, 2.45) is 0 Å². The average molecular weight is 546 g/mol. The molecule has 0 rings (SSSR count). The molecule has 0 saturated carbocycles. The van der Waals surface area contributed by atoms with Crippen LogP contribution in [0.2, 0.25) is 0 Å². The van der Waals surface area contributed by atoms with Gasteiger partial charge in [0.15, 0.2) is 0 Å². The van der Waals surface area contributed by atoms with Crippen LogP contribution in [0.1, 0.15) is 185 Å². The van der Waals surface area contributed by atoms with Crippen molar-refractivity contribution in [3.05, 3.63) is 0 Å². The monoisotopic (exact) mass is 546 g/mol. The van der Waals surface area contributed by atoms with Crippen LogP contribution < -0.4 is 0 Å². The minimum absolute atomic E-state index is 0.0713. The van der Waals surface area contributed by atoms with Gasteiger partial charge < -0.3 is 14.4 Å². The molecule has 0 spiro atoms. The van der Waals surface area contributed by atoms with Crippen LogP contribution in [-0.4, -0.2) is 43.4 Å². The van der Waals surface area contributed by atoms with E-state index in [9.17, 15) is 4.79 Å². The van der Waals surface area contributed by atoms with E-state index in [2.05, 4.69) is 53.4 Å². The van der Waals surface area contributed by atoms with Gasteiger partial charge in [0, 0.05) is 6.42 Å². The first-order valence-electron chi connectivity index (χ1n) is 16.7. The first-order chi connectivity index (χ1) is 18.5. The van der Waals surface area contributed by atoms with Gasteiger partial charge in [0.05, 0.1) is 0 Å². The Morgan fingerprint density at radius 2 is 1.03 bits per heavy atom. The first kappa shape index (κ1) is 46.9. The standard InChI is InChI=1S/C12H27N.C10H20O2.C9H20.C2H6.CH2O/c1-4-7-8-9-10-12-13(6-3)11-5-2;1-4-7-8-9(5-2)12-10(11)6-3;1-3-5-7-9-8-6-4-2;2*1-2/h4-12H2,1-3H3;9H,4-8H2,1-3H3;3-9H2,1-2H3;1-2H3;1H2. The fraction of sp³-hybridized carbons (Fsp3) is 0.941. The van der Waals surface area contributed by atoms with E-state index in [1.807, 2.05) is 27.6 Å². The molecule has 0 aromatic carbocycles. The maximum absolute atomic E-state index is 10.9. The summed E-state index contributed by atoms with van der Waals surface area (Å²) in [6, 6.07) is 0. The number of unbranched alkanes of at least 4 members (excludes halogenated alkanes) is 11. The maximum atomic E-state index is 10.9. The van der Waals surface area contributed by atoms with Crippen LogP contribution in [0.3, 0.4) is 0 Å². The van der Waals surface area contributed by atoms with Gasteiger partial charge in [-0.05, 0) is 45.3 Å². The van der Waals surface area contributed by atoms with Gasteiger partial charge in [0.2, 0.25) is 0 Å². The summed E-state index contributed by atoms with van der Waals surface area (Å²) in [5.41, 5.74) is 0. The van der Waals surface area contributed by atoms with Crippen molar-refractivity contribution in [3.8, 4) is 0 Å². The Labute approximate surface area is 242 Å². The van der Waals surface area contributed by atoms with E-state index in [4.69, 9.17) is 9.53 Å². The second-order valence-corrected chi connectivity index (χ2v) is 9.63. The van der Waals surface area contributed by atoms with E-state index in [0.29, 0.717) is 6.42 Å². The summed E-state index contributed by atoms with van der Waals surface area (Å²) < 4.78 is 5.21. The number of hydrogen-bond donors (Lipinski definition) is 0. The lowest BCUT2D eigenvalue weighted by Crippen LogP contribution is -2.25. The van der Waals surface area contributed by atoms with Gasteiger partial charge >= 0.3 is 5.97 Å². The third-order valence-electron chi connectivity index (χ3n) is 6.19. The van der Waals surface area contributed by atoms with Crippen LogP contribution in [0.15, 0.2) is 0 Å². The van der Waals surface area contributed by atoms with Crippen LogP contribution in [0, 0.1) is 0 Å². The molecule has 0 aromatic rings. The summed E-state index contributed by atoms with van der Waals surface area (Å²) in [4.78, 5) is 21.5. The normalized spacial score (nSPS) is 10.4. The molecule has 0 fully saturated rings. The van der Waals surface area contributed by atoms with Crippen LogP contribution in [-0.2, 0) is 14.3 Å². The Morgan fingerprint density at radius 3 is 1.37 bits per heavy atom. The van der Waals surface area contributed by atoms with Gasteiger partial charge in [-0.2, -0.15) is 0 Å². The number of rotatable bonds is 21. The number of carbonyl (C=O) groups excluding carboxylic acids is 2. The van der Waals surface area contributed by atoms with Gasteiger partial charge in [-0.1, -0.05) is 153 Å². The molecule has 0 N–H and O–H groups in total. The smallest absolute Gasteiger partial charge is 0.305 e. The summed E-state index contributed by atoms with van der Waals surface area (Å²) in [5, 5.41) is 0. The van der Waals surface area contributed by atoms with Crippen molar-refractivity contribution in [1.29, 1.82) is 0 Å². The highest BCUT2D eigenvalue weighted by molar-refractivity contribution is 5.69.